The fourth-order valence-electron chi connectivity index (χ4n) is 2.54. The van der Waals surface area contributed by atoms with Crippen molar-refractivity contribution in [2.75, 3.05) is 13.3 Å². The summed E-state index contributed by atoms with van der Waals surface area (Å²) >= 11 is 0. The largest absolute Gasteiger partial charge is 0.454 e. The van der Waals surface area contributed by atoms with Crippen molar-refractivity contribution in [1.82, 2.24) is 5.32 Å². The molecule has 5 heteroatoms. The van der Waals surface area contributed by atoms with E-state index in [1.165, 1.54) is 12.1 Å². The Hall–Kier alpha value is -2.11. The lowest BCUT2D eigenvalue weighted by Gasteiger charge is -2.28. The van der Waals surface area contributed by atoms with Crippen molar-refractivity contribution in [2.24, 2.45) is 0 Å². The van der Waals surface area contributed by atoms with E-state index in [1.807, 2.05) is 32.0 Å². The molecule has 2 aromatic carbocycles. The van der Waals surface area contributed by atoms with E-state index in [2.05, 4.69) is 5.32 Å². The molecule has 1 aliphatic heterocycles. The van der Waals surface area contributed by atoms with E-state index < -0.39 is 6.10 Å². The van der Waals surface area contributed by atoms with Gasteiger partial charge >= 0.3 is 0 Å². The summed E-state index contributed by atoms with van der Waals surface area (Å²) in [6, 6.07) is 11.7. The van der Waals surface area contributed by atoms with Crippen LogP contribution in [0.2, 0.25) is 0 Å². The molecule has 0 bridgehead atoms. The molecule has 0 radical (unpaired) electrons. The van der Waals surface area contributed by atoms with Crippen LogP contribution in [0.4, 0.5) is 4.39 Å². The molecule has 0 saturated carbocycles. The second-order valence-electron chi connectivity index (χ2n) is 6.14. The van der Waals surface area contributed by atoms with Gasteiger partial charge in [-0.15, -0.1) is 0 Å². The molecule has 0 aromatic heterocycles. The molecule has 0 amide bonds. The smallest absolute Gasteiger partial charge is 0.231 e. The molecule has 4 nitrogen and oxygen atoms in total. The van der Waals surface area contributed by atoms with Gasteiger partial charge in [0.15, 0.2) is 11.5 Å². The third-order valence-electron chi connectivity index (χ3n) is 4.09. The standard InChI is InChI=1S/C18H20FNO3/c1-18(2,13-5-8-16-17(9-13)23-11-22-16)20-10-15(21)12-3-6-14(19)7-4-12/h3-9,15,20-21H,10-11H2,1-2H3. The number of ether oxygens (including phenoxy) is 2. The summed E-state index contributed by atoms with van der Waals surface area (Å²) in [7, 11) is 0. The zero-order valence-corrected chi connectivity index (χ0v) is 13.2. The molecular formula is C18H20FNO3. The molecule has 3 rings (SSSR count). The van der Waals surface area contributed by atoms with Gasteiger partial charge in [0.05, 0.1) is 6.10 Å². The van der Waals surface area contributed by atoms with Gasteiger partial charge in [-0.2, -0.15) is 0 Å². The Kier molecular flexibility index (Phi) is 4.24. The van der Waals surface area contributed by atoms with Crippen LogP contribution < -0.4 is 14.8 Å². The molecule has 1 heterocycles. The third kappa shape index (κ3) is 3.46. The third-order valence-corrected chi connectivity index (χ3v) is 4.09. The van der Waals surface area contributed by atoms with Gasteiger partial charge < -0.3 is 19.9 Å². The summed E-state index contributed by atoms with van der Waals surface area (Å²) in [6.07, 6.45) is -0.705. The number of aliphatic hydroxyl groups excluding tert-OH is 1. The number of aliphatic hydroxyl groups is 1. The van der Waals surface area contributed by atoms with E-state index in [1.54, 1.807) is 12.1 Å². The van der Waals surface area contributed by atoms with Crippen LogP contribution in [0.3, 0.4) is 0 Å². The van der Waals surface area contributed by atoms with E-state index in [9.17, 15) is 9.50 Å². The minimum absolute atomic E-state index is 0.246. The Morgan fingerprint density at radius 2 is 1.83 bits per heavy atom. The lowest BCUT2D eigenvalue weighted by molar-refractivity contribution is 0.160. The van der Waals surface area contributed by atoms with Gasteiger partial charge in [-0.1, -0.05) is 18.2 Å². The van der Waals surface area contributed by atoms with Gasteiger partial charge in [0.1, 0.15) is 5.82 Å². The Balaban J connectivity index is 1.67. The first-order chi connectivity index (χ1) is 11.0. The Labute approximate surface area is 134 Å². The quantitative estimate of drug-likeness (QED) is 0.890. The number of nitrogens with one attached hydrogen (secondary N) is 1. The predicted molar refractivity (Wildman–Crippen MR) is 85.0 cm³/mol. The number of benzene rings is 2. The van der Waals surface area contributed by atoms with Crippen molar-refractivity contribution in [3.8, 4) is 11.5 Å². The van der Waals surface area contributed by atoms with E-state index in [-0.39, 0.29) is 18.1 Å². The van der Waals surface area contributed by atoms with Crippen LogP contribution in [-0.4, -0.2) is 18.4 Å². The molecule has 1 unspecified atom stereocenters. The Morgan fingerprint density at radius 3 is 2.57 bits per heavy atom. The van der Waals surface area contributed by atoms with Gasteiger partial charge in [-0.25, -0.2) is 4.39 Å². The maximum atomic E-state index is 12.9. The number of fused-ring (bicyclic) bond motifs is 1. The average molecular weight is 317 g/mol. The summed E-state index contributed by atoms with van der Waals surface area (Å²) in [6.45, 7) is 4.66. The lowest BCUT2D eigenvalue weighted by atomic mass is 9.93. The van der Waals surface area contributed by atoms with E-state index in [0.29, 0.717) is 12.1 Å². The van der Waals surface area contributed by atoms with Crippen LogP contribution in [0, 0.1) is 5.82 Å². The highest BCUT2D eigenvalue weighted by Gasteiger charge is 2.24. The number of halogens is 1. The van der Waals surface area contributed by atoms with Crippen molar-refractivity contribution in [2.45, 2.75) is 25.5 Å². The summed E-state index contributed by atoms with van der Waals surface area (Å²) in [4.78, 5) is 0. The van der Waals surface area contributed by atoms with Crippen LogP contribution in [0.15, 0.2) is 42.5 Å². The van der Waals surface area contributed by atoms with E-state index in [4.69, 9.17) is 9.47 Å². The topological polar surface area (TPSA) is 50.7 Å². The van der Waals surface area contributed by atoms with Crippen LogP contribution in [-0.2, 0) is 5.54 Å². The summed E-state index contributed by atoms with van der Waals surface area (Å²) in [5.74, 6) is 1.17. The maximum Gasteiger partial charge on any atom is 0.231 e. The maximum absolute atomic E-state index is 12.9. The average Bonchev–Trinajstić information content (AvgIpc) is 3.01. The highest BCUT2D eigenvalue weighted by molar-refractivity contribution is 5.46. The van der Waals surface area contributed by atoms with Gasteiger partial charge in [0, 0.05) is 12.1 Å². The molecule has 2 aromatic rings. The molecule has 1 atom stereocenters. The second kappa shape index (κ2) is 6.18. The first kappa shape index (κ1) is 15.8. The Morgan fingerprint density at radius 1 is 1.13 bits per heavy atom. The van der Waals surface area contributed by atoms with Gasteiger partial charge in [-0.05, 0) is 49.2 Å². The lowest BCUT2D eigenvalue weighted by Crippen LogP contribution is -2.39. The fraction of sp³-hybridized carbons (Fsp3) is 0.333. The zero-order chi connectivity index (χ0) is 16.4. The van der Waals surface area contributed by atoms with Crippen molar-refractivity contribution in [3.05, 3.63) is 59.4 Å². The van der Waals surface area contributed by atoms with Gasteiger partial charge in [0.2, 0.25) is 6.79 Å². The Bertz CT molecular complexity index is 685. The summed E-state index contributed by atoms with van der Waals surface area (Å²) < 4.78 is 23.7. The second-order valence-corrected chi connectivity index (χ2v) is 6.14. The van der Waals surface area contributed by atoms with Crippen molar-refractivity contribution in [3.63, 3.8) is 0 Å². The molecular weight excluding hydrogens is 297 g/mol. The monoisotopic (exact) mass is 317 g/mol. The SMILES string of the molecule is CC(C)(NCC(O)c1ccc(F)cc1)c1ccc2c(c1)OCO2. The molecule has 0 saturated heterocycles. The minimum atomic E-state index is -0.705. The normalized spacial score (nSPS) is 14.8. The molecule has 1 aliphatic rings. The molecule has 0 aliphatic carbocycles. The van der Waals surface area contributed by atoms with Crippen molar-refractivity contribution >= 4 is 0 Å². The highest BCUT2D eigenvalue weighted by atomic mass is 19.1. The van der Waals surface area contributed by atoms with Gasteiger partial charge in [-0.3, -0.25) is 0 Å². The number of rotatable bonds is 5. The summed E-state index contributed by atoms with van der Waals surface area (Å²) in [5.41, 5.74) is 1.36. The van der Waals surface area contributed by atoms with Crippen molar-refractivity contribution < 1.29 is 19.0 Å². The van der Waals surface area contributed by atoms with Crippen LogP contribution >= 0.6 is 0 Å². The van der Waals surface area contributed by atoms with Crippen molar-refractivity contribution in [1.29, 1.82) is 0 Å². The number of hydrogen-bond acceptors (Lipinski definition) is 4. The minimum Gasteiger partial charge on any atom is -0.454 e. The van der Waals surface area contributed by atoms with E-state index >= 15 is 0 Å². The van der Waals surface area contributed by atoms with Crippen LogP contribution in [0.1, 0.15) is 31.1 Å². The highest BCUT2D eigenvalue weighted by Crippen LogP contribution is 2.35. The molecule has 0 fully saturated rings. The van der Waals surface area contributed by atoms with Crippen LogP contribution in [0.5, 0.6) is 11.5 Å². The zero-order valence-electron chi connectivity index (χ0n) is 13.2. The molecule has 2 N–H and O–H groups in total. The number of hydrogen-bond donors (Lipinski definition) is 2. The van der Waals surface area contributed by atoms with Gasteiger partial charge in [0.25, 0.3) is 0 Å². The van der Waals surface area contributed by atoms with Crippen LogP contribution in [0.25, 0.3) is 0 Å². The fourth-order valence-corrected chi connectivity index (χ4v) is 2.54. The van der Waals surface area contributed by atoms with E-state index in [0.717, 1.165) is 17.1 Å². The first-order valence-corrected chi connectivity index (χ1v) is 7.54. The molecule has 122 valence electrons. The molecule has 0 spiro atoms. The predicted octanol–water partition coefficient (Wildman–Crippen LogP) is 3.11. The summed E-state index contributed by atoms with van der Waals surface area (Å²) in [5, 5.41) is 13.6. The molecule has 23 heavy (non-hydrogen) atoms. The first-order valence-electron chi connectivity index (χ1n) is 7.54.